The minimum absolute atomic E-state index is 0.0838. The number of methoxy groups -OCH3 is 1. The summed E-state index contributed by atoms with van der Waals surface area (Å²) < 4.78 is 5.12. The molecular formula is C18H23N3O3S2. The molecule has 140 valence electrons. The molecule has 0 bridgehead atoms. The summed E-state index contributed by atoms with van der Waals surface area (Å²) in [7, 11) is 1.63. The molecule has 0 aliphatic rings. The van der Waals surface area contributed by atoms with E-state index in [-0.39, 0.29) is 17.2 Å². The smallest absolute Gasteiger partial charge is 0.251 e. The number of thioether (sulfide) groups is 2. The zero-order valence-corrected chi connectivity index (χ0v) is 16.5. The Hall–Kier alpha value is -1.93. The molecule has 0 aliphatic heterocycles. The fourth-order valence-corrected chi connectivity index (χ4v) is 3.44. The van der Waals surface area contributed by atoms with Crippen LogP contribution >= 0.6 is 23.5 Å². The maximum Gasteiger partial charge on any atom is 0.251 e. The predicted molar refractivity (Wildman–Crippen MR) is 107 cm³/mol. The summed E-state index contributed by atoms with van der Waals surface area (Å²) in [6.07, 6.45) is 0.749. The molecule has 0 atom stereocenters. The maximum atomic E-state index is 12.0. The number of rotatable bonds is 10. The predicted octanol–water partition coefficient (Wildman–Crippen LogP) is 2.48. The Balaban J connectivity index is 1.75. The van der Waals surface area contributed by atoms with E-state index in [0.717, 1.165) is 29.2 Å². The van der Waals surface area contributed by atoms with Gasteiger partial charge < -0.3 is 15.0 Å². The van der Waals surface area contributed by atoms with Gasteiger partial charge in [0.15, 0.2) is 5.16 Å². The van der Waals surface area contributed by atoms with E-state index in [1.807, 2.05) is 24.3 Å². The van der Waals surface area contributed by atoms with Gasteiger partial charge in [-0.05, 0) is 29.9 Å². The van der Waals surface area contributed by atoms with Crippen molar-refractivity contribution in [3.63, 3.8) is 0 Å². The molecule has 0 saturated heterocycles. The summed E-state index contributed by atoms with van der Waals surface area (Å²) in [5.74, 6) is 2.61. The van der Waals surface area contributed by atoms with Crippen LogP contribution in [0.3, 0.4) is 0 Å². The molecule has 2 rings (SSSR count). The first-order valence-electron chi connectivity index (χ1n) is 8.31. The third-order valence-electron chi connectivity index (χ3n) is 3.46. The summed E-state index contributed by atoms with van der Waals surface area (Å²) in [5.41, 5.74) is 1.68. The molecule has 0 fully saturated rings. The average Bonchev–Trinajstić information content (AvgIpc) is 2.65. The highest BCUT2D eigenvalue weighted by atomic mass is 32.2. The number of hydrogen-bond acceptors (Lipinski definition) is 6. The number of aromatic nitrogens is 2. The van der Waals surface area contributed by atoms with Crippen LogP contribution in [0.5, 0.6) is 5.75 Å². The number of nitrogens with zero attached hydrogens (tertiary/aromatic N) is 1. The van der Waals surface area contributed by atoms with Crippen LogP contribution in [0.25, 0.3) is 0 Å². The molecule has 0 unspecified atom stereocenters. The normalized spacial score (nSPS) is 10.5. The lowest BCUT2D eigenvalue weighted by molar-refractivity contribution is -0.118. The molecule has 1 heterocycles. The summed E-state index contributed by atoms with van der Waals surface area (Å²) in [5, 5.41) is 3.36. The van der Waals surface area contributed by atoms with Crippen molar-refractivity contribution in [3.8, 4) is 5.75 Å². The van der Waals surface area contributed by atoms with Crippen molar-refractivity contribution in [2.45, 2.75) is 24.3 Å². The van der Waals surface area contributed by atoms with Crippen LogP contribution in [0, 0.1) is 0 Å². The van der Waals surface area contributed by atoms with Gasteiger partial charge in [-0.25, -0.2) is 4.98 Å². The molecule has 26 heavy (non-hydrogen) atoms. The Morgan fingerprint density at radius 2 is 2.08 bits per heavy atom. The summed E-state index contributed by atoms with van der Waals surface area (Å²) in [4.78, 5) is 30.7. The Bertz CT molecular complexity index is 763. The highest BCUT2D eigenvalue weighted by Gasteiger charge is 2.06. The van der Waals surface area contributed by atoms with E-state index in [2.05, 4.69) is 22.2 Å². The third-order valence-corrected chi connectivity index (χ3v) is 5.24. The summed E-state index contributed by atoms with van der Waals surface area (Å²) >= 11 is 2.94. The monoisotopic (exact) mass is 393 g/mol. The molecule has 8 heteroatoms. The molecule has 2 N–H and O–H groups in total. The first-order chi connectivity index (χ1) is 12.6. The van der Waals surface area contributed by atoms with Crippen molar-refractivity contribution in [2.75, 3.05) is 25.2 Å². The highest BCUT2D eigenvalue weighted by molar-refractivity contribution is 7.99. The lowest BCUT2D eigenvalue weighted by atomic mass is 10.1. The molecule has 1 aromatic carbocycles. The van der Waals surface area contributed by atoms with Crippen LogP contribution in [0.2, 0.25) is 0 Å². The molecular weight excluding hydrogens is 370 g/mol. The molecule has 0 spiro atoms. The van der Waals surface area contributed by atoms with Crippen molar-refractivity contribution in [1.82, 2.24) is 15.3 Å². The van der Waals surface area contributed by atoms with Gasteiger partial charge >= 0.3 is 0 Å². The van der Waals surface area contributed by atoms with Gasteiger partial charge in [-0.1, -0.05) is 30.8 Å². The number of ether oxygens (including phenoxy) is 1. The van der Waals surface area contributed by atoms with E-state index in [1.54, 1.807) is 18.9 Å². The Morgan fingerprint density at radius 3 is 2.77 bits per heavy atom. The number of H-pyrrole nitrogens is 1. The Kier molecular flexibility index (Phi) is 8.57. The third kappa shape index (κ3) is 7.13. The zero-order chi connectivity index (χ0) is 18.8. The summed E-state index contributed by atoms with van der Waals surface area (Å²) in [6, 6.07) is 9.27. The number of hydrogen-bond donors (Lipinski definition) is 2. The van der Waals surface area contributed by atoms with Gasteiger partial charge in [0.25, 0.3) is 5.56 Å². The average molecular weight is 394 g/mol. The molecule has 2 aromatic rings. The number of carbonyl (C=O) groups is 1. The maximum absolute atomic E-state index is 12.0. The van der Waals surface area contributed by atoms with Crippen LogP contribution < -0.4 is 15.6 Å². The van der Waals surface area contributed by atoms with E-state index < -0.39 is 0 Å². The van der Waals surface area contributed by atoms with Gasteiger partial charge in [-0.3, -0.25) is 9.59 Å². The second kappa shape index (κ2) is 10.9. The lowest BCUT2D eigenvalue weighted by Gasteiger charge is -2.07. The Morgan fingerprint density at radius 1 is 1.31 bits per heavy atom. The van der Waals surface area contributed by atoms with E-state index in [4.69, 9.17) is 4.74 Å². The first-order valence-corrected chi connectivity index (χ1v) is 10.4. The van der Waals surface area contributed by atoms with Crippen molar-refractivity contribution < 1.29 is 9.53 Å². The van der Waals surface area contributed by atoms with Gasteiger partial charge in [-0.2, -0.15) is 11.8 Å². The van der Waals surface area contributed by atoms with E-state index in [9.17, 15) is 9.59 Å². The molecule has 1 aromatic heterocycles. The number of aromatic amines is 1. The van der Waals surface area contributed by atoms with E-state index in [1.165, 1.54) is 17.8 Å². The Labute approximate surface area is 161 Å². The van der Waals surface area contributed by atoms with Gasteiger partial charge in [-0.15, -0.1) is 0 Å². The van der Waals surface area contributed by atoms with Crippen molar-refractivity contribution in [1.29, 1.82) is 0 Å². The van der Waals surface area contributed by atoms with Gasteiger partial charge in [0.05, 0.1) is 18.6 Å². The fourth-order valence-electron chi connectivity index (χ4n) is 2.16. The van der Waals surface area contributed by atoms with Gasteiger partial charge in [0.2, 0.25) is 5.91 Å². The quantitative estimate of drug-likeness (QED) is 0.477. The van der Waals surface area contributed by atoms with Crippen LogP contribution in [-0.4, -0.2) is 41.0 Å². The number of benzene rings is 1. The SMILES string of the molecule is CCSCc1cc(=O)[nH]c(SCC(=O)NCCc2ccc(OC)cc2)n1. The molecule has 0 radical (unpaired) electrons. The second-order valence-corrected chi connectivity index (χ2v) is 7.65. The lowest BCUT2D eigenvalue weighted by Crippen LogP contribution is -2.27. The summed E-state index contributed by atoms with van der Waals surface area (Å²) in [6.45, 7) is 2.62. The molecule has 0 saturated carbocycles. The number of nitrogens with one attached hydrogen (secondary N) is 2. The first kappa shape index (κ1) is 20.4. The number of carbonyl (C=O) groups excluding carboxylic acids is 1. The van der Waals surface area contributed by atoms with Gasteiger partial charge in [0.1, 0.15) is 5.75 Å². The topological polar surface area (TPSA) is 84.1 Å². The minimum atomic E-state index is -0.186. The van der Waals surface area contributed by atoms with Gasteiger partial charge in [0, 0.05) is 18.4 Å². The zero-order valence-electron chi connectivity index (χ0n) is 14.9. The van der Waals surface area contributed by atoms with Crippen LogP contribution in [-0.2, 0) is 17.0 Å². The van der Waals surface area contributed by atoms with Crippen LogP contribution in [0.15, 0.2) is 40.3 Å². The van der Waals surface area contributed by atoms with Crippen molar-refractivity contribution >= 4 is 29.4 Å². The minimum Gasteiger partial charge on any atom is -0.497 e. The standard InChI is InChI=1S/C18H23N3O3S2/c1-3-25-11-14-10-16(22)21-18(20-14)26-12-17(23)19-9-8-13-4-6-15(24-2)7-5-13/h4-7,10H,3,8-9,11-12H2,1-2H3,(H,19,23)(H,20,21,22). The highest BCUT2D eigenvalue weighted by Crippen LogP contribution is 2.14. The fraction of sp³-hybridized carbons (Fsp3) is 0.389. The van der Waals surface area contributed by atoms with Crippen LogP contribution in [0.1, 0.15) is 18.2 Å². The van der Waals surface area contributed by atoms with Crippen molar-refractivity contribution in [2.24, 2.45) is 0 Å². The second-order valence-electron chi connectivity index (χ2n) is 5.42. The largest absolute Gasteiger partial charge is 0.497 e. The van der Waals surface area contributed by atoms with E-state index in [0.29, 0.717) is 17.5 Å². The number of amides is 1. The molecule has 1 amide bonds. The van der Waals surface area contributed by atoms with Crippen LogP contribution in [0.4, 0.5) is 0 Å². The molecule has 0 aliphatic carbocycles. The molecule has 6 nitrogen and oxygen atoms in total. The van der Waals surface area contributed by atoms with Crippen molar-refractivity contribution in [3.05, 3.63) is 51.9 Å². The van der Waals surface area contributed by atoms with E-state index >= 15 is 0 Å².